The smallest absolute Gasteiger partial charge is 0.306 e. The molecule has 3 saturated carbocycles. The predicted molar refractivity (Wildman–Crippen MR) is 114 cm³/mol. The zero-order chi connectivity index (χ0) is 21.5. The van der Waals surface area contributed by atoms with Crippen LogP contribution in [0.4, 0.5) is 0 Å². The summed E-state index contributed by atoms with van der Waals surface area (Å²) in [4.78, 5) is 36.5. The normalized spacial score (nSPS) is 49.9. The molecule has 1 N–H and O–H groups in total. The first kappa shape index (κ1) is 20.7. The standard InChI is InChI=1S/C24H32O5S/c1-13(25)30-18-11-14-10-15(26)4-7-22(14,2)21-17(27)12-23(3)16(20(18)21)5-8-24(23)9-6-19(28)29-24/h10,16-18,20-21,27H,4-9,11-12H2,1-3H3/t16-,17-,18+,20+,21-,22-,23-,24+/m0/s1. The van der Waals surface area contributed by atoms with Gasteiger partial charge in [0, 0.05) is 30.4 Å². The highest BCUT2D eigenvalue weighted by Gasteiger charge is 2.70. The van der Waals surface area contributed by atoms with Crippen molar-refractivity contribution >= 4 is 28.6 Å². The molecule has 0 radical (unpaired) electrons. The maximum absolute atomic E-state index is 12.2. The van der Waals surface area contributed by atoms with Crippen molar-refractivity contribution in [2.24, 2.45) is 28.6 Å². The Balaban J connectivity index is 1.60. The van der Waals surface area contributed by atoms with Crippen LogP contribution in [0.5, 0.6) is 0 Å². The molecule has 1 saturated heterocycles. The number of aliphatic hydroxyl groups excluding tert-OH is 1. The number of esters is 1. The molecule has 0 amide bonds. The summed E-state index contributed by atoms with van der Waals surface area (Å²) in [5.41, 5.74) is 0.194. The molecule has 0 aromatic carbocycles. The summed E-state index contributed by atoms with van der Waals surface area (Å²) in [5.74, 6) is 0.578. The maximum Gasteiger partial charge on any atom is 0.306 e. The van der Waals surface area contributed by atoms with Crippen molar-refractivity contribution in [3.8, 4) is 0 Å². The fourth-order valence-corrected chi connectivity index (χ4v) is 9.43. The minimum atomic E-state index is -0.525. The van der Waals surface area contributed by atoms with Gasteiger partial charge >= 0.3 is 5.97 Å². The first-order chi connectivity index (χ1) is 14.1. The second-order valence-corrected chi connectivity index (χ2v) is 12.2. The third-order valence-electron chi connectivity index (χ3n) is 9.55. The number of allylic oxidation sites excluding steroid dienone is 1. The lowest BCUT2D eigenvalue weighted by molar-refractivity contribution is -0.183. The van der Waals surface area contributed by atoms with Gasteiger partial charge in [-0.1, -0.05) is 31.2 Å². The monoisotopic (exact) mass is 432 g/mol. The van der Waals surface area contributed by atoms with Crippen molar-refractivity contribution in [3.63, 3.8) is 0 Å². The van der Waals surface area contributed by atoms with E-state index in [1.54, 1.807) is 6.92 Å². The van der Waals surface area contributed by atoms with Gasteiger partial charge in [0.25, 0.3) is 0 Å². The Bertz CT molecular complexity index is 851. The Kier molecular flexibility index (Phi) is 4.62. The third kappa shape index (κ3) is 2.68. The van der Waals surface area contributed by atoms with E-state index in [1.807, 2.05) is 6.08 Å². The van der Waals surface area contributed by atoms with Crippen LogP contribution in [0, 0.1) is 28.6 Å². The molecule has 1 aliphatic heterocycles. The minimum Gasteiger partial charge on any atom is -0.458 e. The van der Waals surface area contributed by atoms with Crippen molar-refractivity contribution in [2.45, 2.75) is 89.1 Å². The van der Waals surface area contributed by atoms with Crippen LogP contribution in [-0.2, 0) is 19.1 Å². The average molecular weight is 433 g/mol. The van der Waals surface area contributed by atoms with E-state index in [-0.39, 0.29) is 44.8 Å². The van der Waals surface area contributed by atoms with Gasteiger partial charge < -0.3 is 9.84 Å². The van der Waals surface area contributed by atoms with Crippen molar-refractivity contribution in [3.05, 3.63) is 11.6 Å². The van der Waals surface area contributed by atoms with Crippen LogP contribution in [-0.4, -0.2) is 38.9 Å². The molecule has 30 heavy (non-hydrogen) atoms. The molecular weight excluding hydrogens is 400 g/mol. The van der Waals surface area contributed by atoms with Crippen molar-refractivity contribution in [2.75, 3.05) is 0 Å². The average Bonchev–Trinajstić information content (AvgIpc) is 3.16. The van der Waals surface area contributed by atoms with Crippen molar-refractivity contribution in [1.29, 1.82) is 0 Å². The van der Waals surface area contributed by atoms with E-state index in [0.717, 1.165) is 37.7 Å². The minimum absolute atomic E-state index is 0.0350. The Morgan fingerprint density at radius 3 is 2.63 bits per heavy atom. The van der Waals surface area contributed by atoms with Gasteiger partial charge in [-0.3, -0.25) is 14.4 Å². The Morgan fingerprint density at radius 2 is 1.97 bits per heavy atom. The van der Waals surface area contributed by atoms with E-state index >= 15 is 0 Å². The molecule has 0 bridgehead atoms. The van der Waals surface area contributed by atoms with Gasteiger partial charge in [-0.15, -0.1) is 0 Å². The van der Waals surface area contributed by atoms with E-state index < -0.39 is 11.7 Å². The van der Waals surface area contributed by atoms with Crippen molar-refractivity contribution < 1.29 is 24.2 Å². The second kappa shape index (κ2) is 6.68. The molecule has 0 aromatic heterocycles. The first-order valence-electron chi connectivity index (χ1n) is 11.4. The van der Waals surface area contributed by atoms with Gasteiger partial charge in [0.2, 0.25) is 0 Å². The van der Waals surface area contributed by atoms with E-state index in [2.05, 4.69) is 13.8 Å². The van der Waals surface area contributed by atoms with Crippen LogP contribution in [0.15, 0.2) is 11.6 Å². The fourth-order valence-electron chi connectivity index (χ4n) is 8.23. The van der Waals surface area contributed by atoms with Gasteiger partial charge in [-0.25, -0.2) is 0 Å². The summed E-state index contributed by atoms with van der Waals surface area (Å²) in [6.07, 6.45) is 6.98. The van der Waals surface area contributed by atoms with E-state index in [4.69, 9.17) is 4.74 Å². The Morgan fingerprint density at radius 1 is 1.20 bits per heavy atom. The molecule has 0 unspecified atom stereocenters. The van der Waals surface area contributed by atoms with E-state index in [1.165, 1.54) is 11.8 Å². The molecule has 5 aliphatic rings. The summed E-state index contributed by atoms with van der Waals surface area (Å²) < 4.78 is 5.99. The summed E-state index contributed by atoms with van der Waals surface area (Å²) >= 11 is 1.39. The number of aliphatic hydroxyl groups is 1. The summed E-state index contributed by atoms with van der Waals surface area (Å²) in [6.45, 7) is 6.06. The Labute approximate surface area is 182 Å². The molecule has 1 heterocycles. The fraction of sp³-hybridized carbons (Fsp3) is 0.792. The molecule has 6 heteroatoms. The van der Waals surface area contributed by atoms with Crippen LogP contribution >= 0.6 is 11.8 Å². The number of thioether (sulfide) groups is 1. The van der Waals surface area contributed by atoms with Gasteiger partial charge in [0.15, 0.2) is 10.9 Å². The van der Waals surface area contributed by atoms with E-state index in [9.17, 15) is 19.5 Å². The van der Waals surface area contributed by atoms with Crippen LogP contribution in [0.1, 0.15) is 72.1 Å². The number of ether oxygens (including phenoxy) is 1. The van der Waals surface area contributed by atoms with Crippen LogP contribution in [0.2, 0.25) is 0 Å². The number of ketones is 1. The maximum atomic E-state index is 12.2. The lowest BCUT2D eigenvalue weighted by atomic mass is 9.45. The number of fused-ring (bicyclic) bond motifs is 6. The quantitative estimate of drug-likeness (QED) is 0.635. The molecule has 0 aromatic rings. The summed E-state index contributed by atoms with van der Waals surface area (Å²) in [6, 6.07) is 0. The number of hydrogen-bond acceptors (Lipinski definition) is 6. The highest BCUT2D eigenvalue weighted by molar-refractivity contribution is 8.14. The lowest BCUT2D eigenvalue weighted by Gasteiger charge is -2.62. The number of rotatable bonds is 1. The van der Waals surface area contributed by atoms with Crippen LogP contribution < -0.4 is 0 Å². The molecule has 5 nitrogen and oxygen atoms in total. The molecule has 8 atom stereocenters. The highest BCUT2D eigenvalue weighted by Crippen LogP contribution is 2.70. The largest absolute Gasteiger partial charge is 0.458 e. The number of carbonyl (C=O) groups excluding carboxylic acids is 3. The number of carbonyl (C=O) groups is 3. The first-order valence-corrected chi connectivity index (χ1v) is 12.3. The molecule has 4 aliphatic carbocycles. The third-order valence-corrected chi connectivity index (χ3v) is 10.7. The predicted octanol–water partition coefficient (Wildman–Crippen LogP) is 3.82. The summed E-state index contributed by atoms with van der Waals surface area (Å²) in [5, 5.41) is 11.8. The molecule has 5 rings (SSSR count). The molecule has 164 valence electrons. The SMILES string of the molecule is CC(=O)S[C@@H]1CC2=CC(=O)CC[C@]2(C)[C@@H]2[C@@H]1[C@@H]1CC[C@@]3(CCC(=O)O3)[C@@]1(C)C[C@@H]2O. The zero-order valence-electron chi connectivity index (χ0n) is 18.1. The van der Waals surface area contributed by atoms with Crippen LogP contribution in [0.3, 0.4) is 0 Å². The van der Waals surface area contributed by atoms with E-state index in [0.29, 0.717) is 25.2 Å². The van der Waals surface area contributed by atoms with Gasteiger partial charge in [0.1, 0.15) is 5.60 Å². The van der Waals surface area contributed by atoms with Gasteiger partial charge in [-0.2, -0.15) is 0 Å². The second-order valence-electron chi connectivity index (χ2n) is 10.8. The van der Waals surface area contributed by atoms with Gasteiger partial charge in [0.05, 0.1) is 6.10 Å². The molecule has 4 fully saturated rings. The lowest BCUT2D eigenvalue weighted by Crippen LogP contribution is -2.62. The Hall–Kier alpha value is -1.14. The number of hydrogen-bond donors (Lipinski definition) is 1. The highest BCUT2D eigenvalue weighted by atomic mass is 32.2. The molecule has 1 spiro atoms. The topological polar surface area (TPSA) is 80.7 Å². The zero-order valence-corrected chi connectivity index (χ0v) is 18.9. The summed E-state index contributed by atoms with van der Waals surface area (Å²) in [7, 11) is 0. The van der Waals surface area contributed by atoms with Crippen molar-refractivity contribution in [1.82, 2.24) is 0 Å². The van der Waals surface area contributed by atoms with Crippen LogP contribution in [0.25, 0.3) is 0 Å². The molecular formula is C24H32O5S. The van der Waals surface area contributed by atoms with Gasteiger partial charge in [-0.05, 0) is 67.8 Å².